The highest BCUT2D eigenvalue weighted by Gasteiger charge is 2.15. The molecule has 3 N–H and O–H groups in total. The fourth-order valence-corrected chi connectivity index (χ4v) is 2.64. The fourth-order valence-electron chi connectivity index (χ4n) is 1.96. The topological polar surface area (TPSA) is 102 Å². The van der Waals surface area contributed by atoms with Crippen LogP contribution in [-0.2, 0) is 10.0 Å². The molecular formula is C14H15N3O3S. The van der Waals surface area contributed by atoms with Crippen molar-refractivity contribution in [3.63, 3.8) is 0 Å². The lowest BCUT2D eigenvalue weighted by atomic mass is 10.1. The molecule has 1 heterocycles. The van der Waals surface area contributed by atoms with E-state index in [9.17, 15) is 13.2 Å². The molecule has 0 fully saturated rings. The number of anilines is 1. The number of amides is 1. The normalized spacial score (nSPS) is 11.2. The van der Waals surface area contributed by atoms with Crippen molar-refractivity contribution in [2.45, 2.75) is 18.7 Å². The van der Waals surface area contributed by atoms with Crippen molar-refractivity contribution in [3.8, 4) is 0 Å². The van der Waals surface area contributed by atoms with E-state index < -0.39 is 10.0 Å². The molecule has 0 aliphatic carbocycles. The van der Waals surface area contributed by atoms with Crippen LogP contribution in [0.3, 0.4) is 0 Å². The van der Waals surface area contributed by atoms with Gasteiger partial charge in [0, 0.05) is 11.9 Å². The number of carbonyl (C=O) groups excluding carboxylic acids is 1. The molecule has 1 aromatic carbocycles. The van der Waals surface area contributed by atoms with Crippen LogP contribution in [0.4, 0.5) is 5.69 Å². The summed E-state index contributed by atoms with van der Waals surface area (Å²) in [5.41, 5.74) is 2.07. The standard InChI is InChI=1S/C14H15N3O3S/c1-9-7-11(21(15,19)20)8-10(2)13(9)17-14(18)12-5-3-4-6-16-12/h3-8H,1-2H3,(H,17,18)(H2,15,19,20). The van der Waals surface area contributed by atoms with E-state index in [0.717, 1.165) is 0 Å². The van der Waals surface area contributed by atoms with Crippen molar-refractivity contribution < 1.29 is 13.2 Å². The first-order valence-electron chi connectivity index (χ1n) is 6.15. The molecule has 1 amide bonds. The zero-order chi connectivity index (χ0) is 15.6. The first-order chi connectivity index (χ1) is 9.79. The van der Waals surface area contributed by atoms with Gasteiger partial charge in [-0.2, -0.15) is 0 Å². The van der Waals surface area contributed by atoms with Crippen LogP contribution in [0.1, 0.15) is 21.6 Å². The monoisotopic (exact) mass is 305 g/mol. The summed E-state index contributed by atoms with van der Waals surface area (Å²) in [6.07, 6.45) is 1.53. The Bertz CT molecular complexity index is 763. The number of sulfonamides is 1. The molecular weight excluding hydrogens is 290 g/mol. The maximum absolute atomic E-state index is 12.1. The van der Waals surface area contributed by atoms with Crippen LogP contribution < -0.4 is 10.5 Å². The van der Waals surface area contributed by atoms with Crippen molar-refractivity contribution >= 4 is 21.6 Å². The molecule has 0 unspecified atom stereocenters. The van der Waals surface area contributed by atoms with Crippen molar-refractivity contribution in [2.75, 3.05) is 5.32 Å². The van der Waals surface area contributed by atoms with E-state index in [4.69, 9.17) is 5.14 Å². The molecule has 21 heavy (non-hydrogen) atoms. The zero-order valence-electron chi connectivity index (χ0n) is 11.6. The van der Waals surface area contributed by atoms with Gasteiger partial charge in [0.05, 0.1) is 4.90 Å². The molecule has 0 radical (unpaired) electrons. The van der Waals surface area contributed by atoms with E-state index in [1.165, 1.54) is 18.3 Å². The molecule has 7 heteroatoms. The van der Waals surface area contributed by atoms with Gasteiger partial charge in [-0.3, -0.25) is 9.78 Å². The van der Waals surface area contributed by atoms with Gasteiger partial charge in [-0.25, -0.2) is 13.6 Å². The number of hydrogen-bond donors (Lipinski definition) is 2. The molecule has 6 nitrogen and oxygen atoms in total. The van der Waals surface area contributed by atoms with Gasteiger partial charge in [-0.05, 0) is 49.2 Å². The van der Waals surface area contributed by atoms with Crippen LogP contribution in [0, 0.1) is 13.8 Å². The summed E-state index contributed by atoms with van der Waals surface area (Å²) >= 11 is 0. The lowest BCUT2D eigenvalue weighted by Gasteiger charge is -2.13. The largest absolute Gasteiger partial charge is 0.320 e. The SMILES string of the molecule is Cc1cc(S(N)(=O)=O)cc(C)c1NC(=O)c1ccccn1. The summed E-state index contributed by atoms with van der Waals surface area (Å²) < 4.78 is 22.7. The van der Waals surface area contributed by atoms with Crippen LogP contribution in [0.2, 0.25) is 0 Å². The molecule has 0 saturated carbocycles. The molecule has 0 spiro atoms. The van der Waals surface area contributed by atoms with E-state index >= 15 is 0 Å². The molecule has 110 valence electrons. The molecule has 0 saturated heterocycles. The van der Waals surface area contributed by atoms with Crippen molar-refractivity contribution in [3.05, 3.63) is 53.3 Å². The molecule has 0 bridgehead atoms. The maximum Gasteiger partial charge on any atom is 0.274 e. The molecule has 0 atom stereocenters. The summed E-state index contributed by atoms with van der Waals surface area (Å²) in [6, 6.07) is 7.88. The second kappa shape index (κ2) is 5.63. The first kappa shape index (κ1) is 15.1. The molecule has 0 aliphatic rings. The minimum atomic E-state index is -3.77. The Hall–Kier alpha value is -2.25. The van der Waals surface area contributed by atoms with Crippen LogP contribution in [0.5, 0.6) is 0 Å². The summed E-state index contributed by atoms with van der Waals surface area (Å²) in [5, 5.41) is 7.85. The highest BCUT2D eigenvalue weighted by atomic mass is 32.2. The third-order valence-corrected chi connectivity index (χ3v) is 3.86. The Morgan fingerprint density at radius 2 is 1.81 bits per heavy atom. The predicted octanol–water partition coefficient (Wildman–Crippen LogP) is 1.60. The quantitative estimate of drug-likeness (QED) is 0.899. The van der Waals surface area contributed by atoms with E-state index in [0.29, 0.717) is 16.8 Å². The number of aromatic nitrogens is 1. The Morgan fingerprint density at radius 3 is 2.29 bits per heavy atom. The van der Waals surface area contributed by atoms with Gasteiger partial charge in [0.25, 0.3) is 5.91 Å². The Morgan fingerprint density at radius 1 is 1.19 bits per heavy atom. The molecule has 0 aliphatic heterocycles. The van der Waals surface area contributed by atoms with Crippen LogP contribution in [0.15, 0.2) is 41.4 Å². The van der Waals surface area contributed by atoms with Crippen LogP contribution in [0.25, 0.3) is 0 Å². The third kappa shape index (κ3) is 3.45. The lowest BCUT2D eigenvalue weighted by molar-refractivity contribution is 0.102. The van der Waals surface area contributed by atoms with Gasteiger partial charge in [-0.1, -0.05) is 6.07 Å². The minimum Gasteiger partial charge on any atom is -0.320 e. The number of nitrogens with one attached hydrogen (secondary N) is 1. The Balaban J connectivity index is 2.36. The van der Waals surface area contributed by atoms with Crippen molar-refractivity contribution in [1.29, 1.82) is 0 Å². The summed E-state index contributed by atoms with van der Waals surface area (Å²) in [6.45, 7) is 3.41. The van der Waals surface area contributed by atoms with Crippen LogP contribution in [-0.4, -0.2) is 19.3 Å². The van der Waals surface area contributed by atoms with Gasteiger partial charge in [0.2, 0.25) is 10.0 Å². The van der Waals surface area contributed by atoms with Gasteiger partial charge in [-0.15, -0.1) is 0 Å². The zero-order valence-corrected chi connectivity index (χ0v) is 12.4. The van der Waals surface area contributed by atoms with E-state index in [-0.39, 0.29) is 16.5 Å². The molecule has 2 aromatic rings. The van der Waals surface area contributed by atoms with Crippen molar-refractivity contribution in [1.82, 2.24) is 4.98 Å². The Kier molecular flexibility index (Phi) is 4.06. The number of benzene rings is 1. The number of carbonyl (C=O) groups is 1. The predicted molar refractivity (Wildman–Crippen MR) is 79.5 cm³/mol. The number of primary sulfonamides is 1. The van der Waals surface area contributed by atoms with Crippen molar-refractivity contribution in [2.24, 2.45) is 5.14 Å². The number of nitrogens with two attached hydrogens (primary N) is 1. The number of pyridine rings is 1. The first-order valence-corrected chi connectivity index (χ1v) is 7.70. The highest BCUT2D eigenvalue weighted by Crippen LogP contribution is 2.24. The second-order valence-electron chi connectivity index (χ2n) is 4.65. The fraction of sp³-hybridized carbons (Fsp3) is 0.143. The highest BCUT2D eigenvalue weighted by molar-refractivity contribution is 7.89. The molecule has 1 aromatic heterocycles. The Labute approximate surface area is 123 Å². The summed E-state index contributed by atoms with van der Waals surface area (Å²) in [7, 11) is -3.77. The minimum absolute atomic E-state index is 0.0216. The van der Waals surface area contributed by atoms with Gasteiger partial charge < -0.3 is 5.32 Å². The number of aryl methyl sites for hydroxylation is 2. The maximum atomic E-state index is 12.1. The summed E-state index contributed by atoms with van der Waals surface area (Å²) in [4.78, 5) is 16.1. The van der Waals surface area contributed by atoms with Gasteiger partial charge >= 0.3 is 0 Å². The van der Waals surface area contributed by atoms with E-state index in [2.05, 4.69) is 10.3 Å². The summed E-state index contributed by atoms with van der Waals surface area (Å²) in [5.74, 6) is -0.356. The molecule has 2 rings (SSSR count). The third-order valence-electron chi connectivity index (χ3n) is 2.97. The van der Waals surface area contributed by atoms with Gasteiger partial charge in [0.15, 0.2) is 0 Å². The lowest BCUT2D eigenvalue weighted by Crippen LogP contribution is -2.17. The van der Waals surface area contributed by atoms with Crippen LogP contribution >= 0.6 is 0 Å². The van der Waals surface area contributed by atoms with E-state index in [1.54, 1.807) is 32.0 Å². The number of hydrogen-bond acceptors (Lipinski definition) is 4. The van der Waals surface area contributed by atoms with Gasteiger partial charge in [0.1, 0.15) is 5.69 Å². The van der Waals surface area contributed by atoms with E-state index in [1.807, 2.05) is 0 Å². The average Bonchev–Trinajstić information content (AvgIpc) is 2.42. The number of nitrogens with zero attached hydrogens (tertiary/aromatic N) is 1. The average molecular weight is 305 g/mol. The number of rotatable bonds is 3. The smallest absolute Gasteiger partial charge is 0.274 e. The second-order valence-corrected chi connectivity index (χ2v) is 6.21.